The Bertz CT molecular complexity index is 976. The number of aryl methyl sites for hydroxylation is 1. The lowest BCUT2D eigenvalue weighted by Gasteiger charge is -2.23. The molecule has 0 aromatic heterocycles. The highest BCUT2D eigenvalue weighted by atomic mass is 32.2. The van der Waals surface area contributed by atoms with Crippen molar-refractivity contribution in [2.24, 2.45) is 0 Å². The molecule has 1 amide bonds. The molecule has 0 atom stereocenters. The third kappa shape index (κ3) is 7.64. The van der Waals surface area contributed by atoms with Crippen molar-refractivity contribution in [3.8, 4) is 17.2 Å². The normalized spacial score (nSPS) is 11.0. The van der Waals surface area contributed by atoms with Gasteiger partial charge in [0, 0.05) is 19.0 Å². The summed E-state index contributed by atoms with van der Waals surface area (Å²) < 4.78 is 41.9. The number of sulfonamides is 1. The molecule has 0 radical (unpaired) electrons. The Hall–Kier alpha value is -2.94. The van der Waals surface area contributed by atoms with Crippen molar-refractivity contribution in [2.75, 3.05) is 44.5 Å². The molecule has 2 rings (SSSR count). The number of amides is 1. The van der Waals surface area contributed by atoms with E-state index in [0.29, 0.717) is 36.8 Å². The van der Waals surface area contributed by atoms with E-state index in [1.807, 2.05) is 24.3 Å². The Kier molecular flexibility index (Phi) is 9.64. The predicted octanol–water partition coefficient (Wildman–Crippen LogP) is 3.01. The molecule has 0 spiro atoms. The van der Waals surface area contributed by atoms with Crippen LogP contribution in [0, 0.1) is 0 Å². The van der Waals surface area contributed by atoms with Crippen molar-refractivity contribution in [3.05, 3.63) is 48.0 Å². The van der Waals surface area contributed by atoms with Crippen molar-refractivity contribution in [1.82, 2.24) is 5.32 Å². The Balaban J connectivity index is 1.81. The second kappa shape index (κ2) is 12.2. The molecule has 9 heteroatoms. The van der Waals surface area contributed by atoms with Crippen LogP contribution >= 0.6 is 0 Å². The first-order valence-corrected chi connectivity index (χ1v) is 12.3. The van der Waals surface area contributed by atoms with Gasteiger partial charge < -0.3 is 19.5 Å². The monoisotopic (exact) mass is 464 g/mol. The lowest BCUT2D eigenvalue weighted by atomic mass is 10.2. The Morgan fingerprint density at radius 2 is 1.72 bits per heavy atom. The zero-order chi connectivity index (χ0) is 23.6. The maximum Gasteiger partial charge on any atom is 0.232 e. The van der Waals surface area contributed by atoms with E-state index in [2.05, 4.69) is 12.2 Å². The van der Waals surface area contributed by atoms with Crippen LogP contribution in [0.5, 0.6) is 17.2 Å². The predicted molar refractivity (Wildman–Crippen MR) is 125 cm³/mol. The van der Waals surface area contributed by atoms with Crippen molar-refractivity contribution < 1.29 is 27.4 Å². The molecule has 0 aliphatic rings. The Labute approximate surface area is 190 Å². The highest BCUT2D eigenvalue weighted by Crippen LogP contribution is 2.32. The number of anilines is 1. The average Bonchev–Trinajstić information content (AvgIpc) is 2.78. The molecule has 8 nitrogen and oxygen atoms in total. The highest BCUT2D eigenvalue weighted by Gasteiger charge is 2.19. The van der Waals surface area contributed by atoms with Crippen LogP contribution < -0.4 is 23.8 Å². The van der Waals surface area contributed by atoms with Crippen LogP contribution in [0.2, 0.25) is 0 Å². The molecular weight excluding hydrogens is 432 g/mol. The summed E-state index contributed by atoms with van der Waals surface area (Å²) in [4.78, 5) is 12.1. The van der Waals surface area contributed by atoms with Gasteiger partial charge in [-0.15, -0.1) is 0 Å². The van der Waals surface area contributed by atoms with Gasteiger partial charge in [-0.2, -0.15) is 0 Å². The van der Waals surface area contributed by atoms with E-state index < -0.39 is 10.0 Å². The fourth-order valence-corrected chi connectivity index (χ4v) is 4.08. The number of benzene rings is 2. The number of nitrogens with one attached hydrogen (secondary N) is 1. The van der Waals surface area contributed by atoms with E-state index in [1.165, 1.54) is 24.1 Å². The van der Waals surface area contributed by atoms with Crippen molar-refractivity contribution in [2.45, 2.75) is 26.2 Å². The van der Waals surface area contributed by atoms with Gasteiger partial charge in [-0.25, -0.2) is 8.42 Å². The van der Waals surface area contributed by atoms with Crippen LogP contribution in [0.15, 0.2) is 42.5 Å². The molecule has 2 aromatic rings. The van der Waals surface area contributed by atoms with E-state index in [9.17, 15) is 13.2 Å². The molecule has 0 saturated heterocycles. The van der Waals surface area contributed by atoms with Gasteiger partial charge in [-0.05, 0) is 42.7 Å². The minimum Gasteiger partial charge on any atom is -0.493 e. The van der Waals surface area contributed by atoms with E-state index in [1.54, 1.807) is 18.2 Å². The van der Waals surface area contributed by atoms with E-state index in [-0.39, 0.29) is 18.9 Å². The minimum absolute atomic E-state index is 0.157. The van der Waals surface area contributed by atoms with Gasteiger partial charge >= 0.3 is 0 Å². The van der Waals surface area contributed by atoms with Gasteiger partial charge in [0.15, 0.2) is 11.5 Å². The topological polar surface area (TPSA) is 94.2 Å². The molecule has 176 valence electrons. The Morgan fingerprint density at radius 1 is 1.03 bits per heavy atom. The van der Waals surface area contributed by atoms with Crippen molar-refractivity contribution in [3.63, 3.8) is 0 Å². The number of ether oxygens (including phenoxy) is 3. The van der Waals surface area contributed by atoms with Gasteiger partial charge in [-0.3, -0.25) is 9.10 Å². The third-order valence-corrected chi connectivity index (χ3v) is 6.04. The summed E-state index contributed by atoms with van der Waals surface area (Å²) in [5, 5.41) is 2.79. The number of hydrogen-bond donors (Lipinski definition) is 1. The van der Waals surface area contributed by atoms with E-state index in [0.717, 1.165) is 18.4 Å². The van der Waals surface area contributed by atoms with Crippen molar-refractivity contribution >= 4 is 21.6 Å². The lowest BCUT2D eigenvalue weighted by molar-refractivity contribution is -0.121. The molecule has 0 aliphatic carbocycles. The number of methoxy groups -OCH3 is 2. The van der Waals surface area contributed by atoms with E-state index >= 15 is 0 Å². The van der Waals surface area contributed by atoms with Crippen LogP contribution in [0.3, 0.4) is 0 Å². The summed E-state index contributed by atoms with van der Waals surface area (Å²) >= 11 is 0. The fourth-order valence-electron chi connectivity index (χ4n) is 3.12. The van der Waals surface area contributed by atoms with Crippen LogP contribution in [-0.2, 0) is 21.2 Å². The average molecular weight is 465 g/mol. The number of hydrogen-bond acceptors (Lipinski definition) is 6. The summed E-state index contributed by atoms with van der Waals surface area (Å²) in [7, 11) is -0.534. The molecule has 2 aromatic carbocycles. The Morgan fingerprint density at radius 3 is 2.31 bits per heavy atom. The van der Waals surface area contributed by atoms with E-state index in [4.69, 9.17) is 14.2 Å². The first-order valence-electron chi connectivity index (χ1n) is 10.5. The zero-order valence-electron chi connectivity index (χ0n) is 19.1. The second-order valence-electron chi connectivity index (χ2n) is 7.17. The largest absolute Gasteiger partial charge is 0.493 e. The first-order chi connectivity index (χ1) is 15.3. The number of rotatable bonds is 13. The van der Waals surface area contributed by atoms with Gasteiger partial charge in [0.05, 0.1) is 32.7 Å². The van der Waals surface area contributed by atoms with Gasteiger partial charge in [-0.1, -0.05) is 19.1 Å². The standard InChI is InChI=1S/C23H32N2O6S/c1-5-18-8-11-20(12-9-18)31-16-14-24-23(26)7-6-15-25(32(4,27)28)19-10-13-21(29-2)22(17-19)30-3/h8-13,17H,5-7,14-16H2,1-4H3,(H,24,26). The highest BCUT2D eigenvalue weighted by molar-refractivity contribution is 7.92. The molecule has 1 N–H and O–H groups in total. The molecule has 0 saturated carbocycles. The smallest absolute Gasteiger partial charge is 0.232 e. The molecule has 0 fully saturated rings. The minimum atomic E-state index is -3.53. The summed E-state index contributed by atoms with van der Waals surface area (Å²) in [5.74, 6) is 1.54. The maximum absolute atomic E-state index is 12.3. The van der Waals surface area contributed by atoms with Gasteiger partial charge in [0.1, 0.15) is 12.4 Å². The number of nitrogens with zero attached hydrogens (tertiary/aromatic N) is 1. The van der Waals surface area contributed by atoms with Crippen LogP contribution in [-0.4, -0.2) is 54.5 Å². The van der Waals surface area contributed by atoms with Gasteiger partial charge in [0.25, 0.3) is 0 Å². The third-order valence-electron chi connectivity index (χ3n) is 4.85. The van der Waals surface area contributed by atoms with Crippen molar-refractivity contribution in [1.29, 1.82) is 0 Å². The molecule has 0 bridgehead atoms. The second-order valence-corrected chi connectivity index (χ2v) is 9.08. The SMILES string of the molecule is CCc1ccc(OCCNC(=O)CCCN(c2ccc(OC)c(OC)c2)S(C)(=O)=O)cc1. The van der Waals surface area contributed by atoms with Crippen LogP contribution in [0.25, 0.3) is 0 Å². The quantitative estimate of drug-likeness (QED) is 0.458. The zero-order valence-corrected chi connectivity index (χ0v) is 19.9. The summed E-state index contributed by atoms with van der Waals surface area (Å²) in [6, 6.07) is 12.7. The summed E-state index contributed by atoms with van der Waals surface area (Å²) in [5.41, 5.74) is 1.69. The lowest BCUT2D eigenvalue weighted by Crippen LogP contribution is -2.33. The van der Waals surface area contributed by atoms with Crippen LogP contribution in [0.1, 0.15) is 25.3 Å². The molecular formula is C23H32N2O6S. The first kappa shape index (κ1) is 25.3. The summed E-state index contributed by atoms with van der Waals surface area (Å²) in [6.07, 6.45) is 2.67. The summed E-state index contributed by atoms with van der Waals surface area (Å²) in [6.45, 7) is 2.99. The fraction of sp³-hybridized carbons (Fsp3) is 0.435. The number of carbonyl (C=O) groups excluding carboxylic acids is 1. The van der Waals surface area contributed by atoms with Crippen LogP contribution in [0.4, 0.5) is 5.69 Å². The molecule has 0 heterocycles. The molecule has 32 heavy (non-hydrogen) atoms. The number of carbonyl (C=O) groups is 1. The van der Waals surface area contributed by atoms with Gasteiger partial charge in [0.2, 0.25) is 15.9 Å². The molecule has 0 aliphatic heterocycles. The molecule has 0 unspecified atom stereocenters. The maximum atomic E-state index is 12.3.